The Kier molecular flexibility index (Phi) is 14.9. The van der Waals surface area contributed by atoms with Gasteiger partial charge in [-0.3, -0.25) is 0 Å². The zero-order valence-corrected chi connectivity index (χ0v) is 46.9. The molecule has 0 saturated heterocycles. The van der Waals surface area contributed by atoms with Gasteiger partial charge in [0.2, 0.25) is 11.8 Å². The van der Waals surface area contributed by atoms with Gasteiger partial charge in [-0.15, -0.1) is 0 Å². The van der Waals surface area contributed by atoms with Crippen molar-refractivity contribution in [1.29, 1.82) is 5.26 Å². The van der Waals surface area contributed by atoms with Crippen molar-refractivity contribution in [3.63, 3.8) is 0 Å². The molecule has 0 aliphatic rings. The molecule has 12 aromatic rings. The first-order valence-corrected chi connectivity index (χ1v) is 28.0. The van der Waals surface area contributed by atoms with Gasteiger partial charge in [-0.1, -0.05) is 194 Å². The lowest BCUT2D eigenvalue weighted by Gasteiger charge is -2.24. The third-order valence-electron chi connectivity index (χ3n) is 14.4. The van der Waals surface area contributed by atoms with E-state index in [4.69, 9.17) is 51.5 Å². The molecule has 10 nitrogen and oxygen atoms in total. The van der Waals surface area contributed by atoms with Crippen LogP contribution in [0.3, 0.4) is 0 Å². The molecule has 0 fully saturated rings. The van der Waals surface area contributed by atoms with Crippen LogP contribution in [-0.2, 0) is 0 Å². The molecule has 0 aliphatic carbocycles. The predicted octanol–water partition coefficient (Wildman–Crippen LogP) is 12.5. The Morgan fingerprint density at radius 3 is 1.30 bits per heavy atom. The Labute approximate surface area is 485 Å². The first kappa shape index (κ1) is 53.2. The molecule has 12 rings (SSSR count). The van der Waals surface area contributed by atoms with Crippen LogP contribution in [0, 0.1) is 29.7 Å². The number of hydrogen-bond acceptors (Lipinski definition) is 7. The largest absolute Gasteiger partial charge is 0.493 e. The summed E-state index contributed by atoms with van der Waals surface area (Å²) in [6.45, 7) is 17.8. The van der Waals surface area contributed by atoms with Gasteiger partial charge in [0, 0.05) is 32.2 Å². The highest BCUT2D eigenvalue weighted by Crippen LogP contribution is 2.38. The maximum atomic E-state index is 12.3. The first-order valence-electron chi connectivity index (χ1n) is 27.2. The predicted molar refractivity (Wildman–Crippen MR) is 333 cm³/mol. The van der Waals surface area contributed by atoms with E-state index in [2.05, 4.69) is 120 Å². The van der Waals surface area contributed by atoms with Crippen molar-refractivity contribution in [2.24, 2.45) is 11.8 Å². The summed E-state index contributed by atoms with van der Waals surface area (Å²) in [5, 5.41) is 15.4. The lowest BCUT2D eigenvalue weighted by atomic mass is 9.50. The molecule has 0 atom stereocenters. The second-order valence-corrected chi connectivity index (χ2v) is 21.9. The van der Waals surface area contributed by atoms with Crippen LogP contribution in [0.25, 0.3) is 71.6 Å². The minimum absolute atomic E-state index is 0.0786. The highest BCUT2D eigenvalue weighted by molar-refractivity contribution is 6.85. The number of ether oxygens (including phenoxy) is 2. The monoisotopic (exact) mass is 1110 g/mol. The average Bonchev–Trinajstić information content (AvgIpc) is 3.54. The molecule has 398 valence electrons. The number of benzene rings is 8. The Morgan fingerprint density at radius 1 is 0.537 bits per heavy atom. The van der Waals surface area contributed by atoms with Gasteiger partial charge in [0.25, 0.3) is 5.70 Å². The molecule has 0 spiro atoms. The summed E-state index contributed by atoms with van der Waals surface area (Å²) < 4.78 is 30.7. The number of halogens is 2. The van der Waals surface area contributed by atoms with Gasteiger partial charge >= 0.3 is 13.7 Å². The molecule has 14 heteroatoms. The minimum Gasteiger partial charge on any atom is -0.493 e. The lowest BCUT2D eigenvalue weighted by Crippen LogP contribution is -2.54. The molecule has 0 N–H and O–H groups in total. The van der Waals surface area contributed by atoms with E-state index in [1.807, 2.05) is 97.1 Å². The Hall–Kier alpha value is -9.45. The summed E-state index contributed by atoms with van der Waals surface area (Å²) in [6.07, 6.45) is 0. The zero-order chi connectivity index (χ0) is 56.4. The summed E-state index contributed by atoms with van der Waals surface area (Å²) in [4.78, 5) is 14.7. The summed E-state index contributed by atoms with van der Waals surface area (Å²) in [5.41, 5.74) is 8.69. The molecule has 82 heavy (non-hydrogen) atoms. The van der Waals surface area contributed by atoms with E-state index in [0.29, 0.717) is 89.8 Å². The van der Waals surface area contributed by atoms with Gasteiger partial charge in [0.05, 0.1) is 30.5 Å². The SMILES string of the molecule is [C-]#[N+]/C(c1nc2cc(Cl)ccc2o1)=c1\c2c(-c3ccc(OCC(C)C)cc3)n(B(c3ccccc3)c3ccccc3)/c(=C(/C#N)c3nc4cc(Cl)ccc4o3)c2c(-c2ccc(OCC(C)C)cc2)n1B(c1ccccc1)c1ccccc1. The quantitative estimate of drug-likeness (QED) is 0.0700. The molecule has 0 amide bonds. The third kappa shape index (κ3) is 10.2. The fraction of sp³-hybridized carbons (Fsp3) is 0.118. The number of hydrogen-bond donors (Lipinski definition) is 0. The van der Waals surface area contributed by atoms with E-state index in [1.165, 1.54) is 0 Å². The number of nitrogens with zero attached hydrogens (tertiary/aromatic N) is 6. The van der Waals surface area contributed by atoms with Crippen molar-refractivity contribution in [3.8, 4) is 40.1 Å². The smallest absolute Gasteiger partial charge is 0.328 e. The van der Waals surface area contributed by atoms with Crippen LogP contribution < -0.4 is 42.0 Å². The molecule has 0 bridgehead atoms. The van der Waals surface area contributed by atoms with Gasteiger partial charge in [0.1, 0.15) is 34.2 Å². The van der Waals surface area contributed by atoms with Crippen LogP contribution >= 0.6 is 23.2 Å². The lowest BCUT2D eigenvalue weighted by molar-refractivity contribution is 0.271. The summed E-state index contributed by atoms with van der Waals surface area (Å²) in [6, 6.07) is 70.3. The van der Waals surface area contributed by atoms with Crippen LogP contribution in [0.15, 0.2) is 215 Å². The molecule has 0 aliphatic heterocycles. The van der Waals surface area contributed by atoms with E-state index >= 15 is 0 Å². The van der Waals surface area contributed by atoms with E-state index in [-0.39, 0.29) is 34.9 Å². The first-order chi connectivity index (χ1) is 40.1. The van der Waals surface area contributed by atoms with E-state index in [9.17, 15) is 11.8 Å². The number of rotatable bonds is 16. The maximum absolute atomic E-state index is 12.3. The second-order valence-electron chi connectivity index (χ2n) is 21.0. The number of fused-ring (bicyclic) bond motifs is 3. The highest BCUT2D eigenvalue weighted by Gasteiger charge is 2.38. The van der Waals surface area contributed by atoms with Crippen molar-refractivity contribution < 1.29 is 18.3 Å². The molecule has 4 aromatic heterocycles. The van der Waals surface area contributed by atoms with Gasteiger partial charge in [-0.2, -0.15) is 5.26 Å². The second kappa shape index (κ2) is 23.0. The molecular weight excluding hydrogens is 1060 g/mol. The fourth-order valence-electron chi connectivity index (χ4n) is 10.8. The number of oxazole rings is 2. The minimum atomic E-state index is -0.623. The van der Waals surface area contributed by atoms with E-state index in [0.717, 1.165) is 33.0 Å². The Bertz CT molecular complexity index is 4140. The van der Waals surface area contributed by atoms with Gasteiger partial charge in [-0.05, 0) is 108 Å². The normalized spacial score (nSPS) is 12.2. The van der Waals surface area contributed by atoms with Crippen molar-refractivity contribution in [2.75, 3.05) is 13.2 Å². The van der Waals surface area contributed by atoms with Crippen molar-refractivity contribution in [3.05, 3.63) is 250 Å². The van der Waals surface area contributed by atoms with Crippen LogP contribution in [0.2, 0.25) is 10.0 Å². The third-order valence-corrected chi connectivity index (χ3v) is 14.8. The number of aromatic nitrogens is 4. The van der Waals surface area contributed by atoms with Gasteiger partial charge in [-0.25, -0.2) is 14.8 Å². The maximum Gasteiger partial charge on any atom is 0.328 e. The van der Waals surface area contributed by atoms with E-state index in [1.54, 1.807) is 36.4 Å². The van der Waals surface area contributed by atoms with Gasteiger partial charge < -0.3 is 27.3 Å². The Balaban J connectivity index is 1.41. The summed E-state index contributed by atoms with van der Waals surface area (Å²) >= 11 is 13.3. The van der Waals surface area contributed by atoms with Crippen molar-refractivity contribution >= 4 is 103 Å². The molecule has 0 saturated carbocycles. The zero-order valence-electron chi connectivity index (χ0n) is 45.4. The molecule has 4 heterocycles. The average molecular weight is 1110 g/mol. The molecule has 0 radical (unpaired) electrons. The molecule has 8 aromatic carbocycles. The summed E-state index contributed by atoms with van der Waals surface area (Å²) in [7, 11) is 0. The van der Waals surface area contributed by atoms with E-state index < -0.39 is 13.7 Å². The van der Waals surface area contributed by atoms with Crippen molar-refractivity contribution in [2.45, 2.75) is 27.7 Å². The van der Waals surface area contributed by atoms with Crippen molar-refractivity contribution in [1.82, 2.24) is 18.9 Å². The summed E-state index contributed by atoms with van der Waals surface area (Å²) in [5.74, 6) is 2.10. The Morgan fingerprint density at radius 2 is 0.915 bits per heavy atom. The standard InChI is InChI=1S/C68H52B2Cl2N6O4/c1-43(2)41-79-53-32-26-45(27-33-53)63-60-61(66(62(74-5)68-76-57-39-52(72)31-37-59(57)82-68)78(63)70(49-22-14-8-15-23-49)50-24-16-9-17-25-50)64(46-28-34-54(35-29-46)80-42-44(3)4)77(69(47-18-10-6-11-19-47)48-20-12-7-13-21-48)65(60)55(40-73)67-75-56-38-51(71)30-36-58(56)81-67/h6-39,43-44H,41-42H2,1-4H3/b65-55-,66-62+. The molecule has 0 unspecified atom stereocenters. The van der Waals surface area contributed by atoms with Crippen LogP contribution in [-0.4, -0.2) is 45.8 Å². The molecular formula is C68H52B2Cl2N6O4. The van der Waals surface area contributed by atoms with Crippen LogP contribution in [0.5, 0.6) is 11.5 Å². The van der Waals surface area contributed by atoms with Gasteiger partial charge in [0.15, 0.2) is 11.2 Å². The number of nitriles is 1. The fourth-order valence-corrected chi connectivity index (χ4v) is 11.2. The van der Waals surface area contributed by atoms with Crippen LogP contribution in [0.1, 0.15) is 39.5 Å². The topological polar surface area (TPSA) is 109 Å². The van der Waals surface area contributed by atoms with Crippen LogP contribution in [0.4, 0.5) is 0 Å². The highest BCUT2D eigenvalue weighted by atomic mass is 35.5.